The zero-order chi connectivity index (χ0) is 29.0. The highest BCUT2D eigenvalue weighted by Crippen LogP contribution is 2.38. The second-order valence-corrected chi connectivity index (χ2v) is 9.60. The average molecular weight is 549 g/mol. The molecule has 1 saturated carbocycles. The molecule has 39 heavy (non-hydrogen) atoms. The topological polar surface area (TPSA) is 125 Å². The van der Waals surface area contributed by atoms with Crippen molar-refractivity contribution in [2.45, 2.75) is 78.4 Å². The molecule has 0 spiro atoms. The molecule has 1 N–H and O–H groups in total. The Bertz CT molecular complexity index is 885. The fraction of sp³-hybridized carbons (Fsp3) is 0.600. The minimum atomic E-state index is -1.31. The molecule has 1 aliphatic rings. The Morgan fingerprint density at radius 3 is 1.90 bits per heavy atom. The SMILES string of the molecule is CC(=O)OC/C=C/CC/C=C/CC/C=C/C1CC(/C=C/COC(C)=O)C(COC(=O)C(C)OC(=O)C(C)O)C1. The van der Waals surface area contributed by atoms with Gasteiger partial charge in [0.2, 0.25) is 0 Å². The molecular weight excluding hydrogens is 504 g/mol. The summed E-state index contributed by atoms with van der Waals surface area (Å²) in [5, 5.41) is 9.26. The number of ether oxygens (including phenoxy) is 4. The molecule has 0 aromatic carbocycles. The van der Waals surface area contributed by atoms with Gasteiger partial charge in [-0.25, -0.2) is 9.59 Å². The van der Waals surface area contributed by atoms with Crippen LogP contribution in [0, 0.1) is 17.8 Å². The van der Waals surface area contributed by atoms with Crippen LogP contribution in [0.1, 0.15) is 66.2 Å². The van der Waals surface area contributed by atoms with Crippen LogP contribution in [0.2, 0.25) is 0 Å². The van der Waals surface area contributed by atoms with Gasteiger partial charge < -0.3 is 24.1 Å². The molecule has 9 nitrogen and oxygen atoms in total. The third-order valence-corrected chi connectivity index (χ3v) is 6.08. The van der Waals surface area contributed by atoms with E-state index >= 15 is 0 Å². The van der Waals surface area contributed by atoms with Crippen LogP contribution in [0.3, 0.4) is 0 Å². The lowest BCUT2D eigenvalue weighted by atomic mass is 9.96. The third kappa shape index (κ3) is 16.4. The number of aliphatic hydroxyl groups is 1. The van der Waals surface area contributed by atoms with Gasteiger partial charge in [0.05, 0.1) is 6.61 Å². The molecule has 0 heterocycles. The molecular formula is C30H44O9. The van der Waals surface area contributed by atoms with E-state index in [0.29, 0.717) is 12.5 Å². The van der Waals surface area contributed by atoms with Crippen LogP contribution in [0.15, 0.2) is 48.6 Å². The van der Waals surface area contributed by atoms with Crippen molar-refractivity contribution in [3.8, 4) is 0 Å². The van der Waals surface area contributed by atoms with Gasteiger partial charge in [0.15, 0.2) is 6.10 Å². The van der Waals surface area contributed by atoms with Gasteiger partial charge in [-0.1, -0.05) is 48.6 Å². The van der Waals surface area contributed by atoms with Crippen molar-refractivity contribution >= 4 is 23.9 Å². The summed E-state index contributed by atoms with van der Waals surface area (Å²) in [6, 6.07) is 0. The number of rotatable bonds is 17. The molecule has 1 fully saturated rings. The van der Waals surface area contributed by atoms with E-state index < -0.39 is 24.1 Å². The third-order valence-electron chi connectivity index (χ3n) is 6.08. The minimum Gasteiger partial charge on any atom is -0.463 e. The predicted octanol–water partition coefficient (Wildman–Crippen LogP) is 4.40. The quantitative estimate of drug-likeness (QED) is 0.122. The number of hydrogen-bond donors (Lipinski definition) is 1. The Morgan fingerprint density at radius 2 is 1.31 bits per heavy atom. The largest absolute Gasteiger partial charge is 0.463 e. The van der Waals surface area contributed by atoms with E-state index in [4.69, 9.17) is 18.9 Å². The maximum atomic E-state index is 12.3. The molecule has 9 heteroatoms. The Labute approximate surface area is 231 Å². The average Bonchev–Trinajstić information content (AvgIpc) is 3.26. The first-order chi connectivity index (χ1) is 18.6. The molecule has 5 atom stereocenters. The van der Waals surface area contributed by atoms with E-state index in [2.05, 4.69) is 24.3 Å². The Balaban J connectivity index is 2.50. The normalized spacial score (nSPS) is 21.0. The molecule has 0 amide bonds. The monoisotopic (exact) mass is 548 g/mol. The van der Waals surface area contributed by atoms with Crippen molar-refractivity contribution in [1.82, 2.24) is 0 Å². The zero-order valence-electron chi connectivity index (χ0n) is 23.6. The maximum Gasteiger partial charge on any atom is 0.347 e. The minimum absolute atomic E-state index is 0.0747. The summed E-state index contributed by atoms with van der Waals surface area (Å²) in [5.74, 6) is -1.61. The fourth-order valence-corrected chi connectivity index (χ4v) is 4.07. The number of esters is 4. The number of aliphatic hydroxyl groups excluding tert-OH is 1. The van der Waals surface area contributed by atoms with Gasteiger partial charge in [-0.15, -0.1) is 0 Å². The maximum absolute atomic E-state index is 12.3. The summed E-state index contributed by atoms with van der Waals surface area (Å²) in [7, 11) is 0. The number of allylic oxidation sites excluding steroid dienone is 6. The van der Waals surface area contributed by atoms with Gasteiger partial charge in [-0.05, 0) is 70.1 Å². The second-order valence-electron chi connectivity index (χ2n) is 9.60. The summed E-state index contributed by atoms with van der Waals surface area (Å²) in [5.41, 5.74) is 0. The standard InChI is InChI=1S/C30H44O9/c1-22(31)29(34)39-23(2)30(35)38-21-28-20-26(19-27(28)16-14-18-37-25(4)33)15-12-10-8-6-5-7-9-11-13-17-36-24(3)32/h5-6,11-16,22-23,26-28,31H,7-10,17-21H2,1-4H3/b6-5+,13-11+,15-12+,16-14+. The van der Waals surface area contributed by atoms with E-state index in [1.54, 1.807) is 0 Å². The molecule has 1 rings (SSSR count). The molecule has 218 valence electrons. The Morgan fingerprint density at radius 1 is 0.744 bits per heavy atom. The van der Waals surface area contributed by atoms with Crippen LogP contribution in [-0.2, 0) is 38.1 Å². The van der Waals surface area contributed by atoms with Gasteiger partial charge in [0.25, 0.3) is 0 Å². The van der Waals surface area contributed by atoms with Crippen LogP contribution < -0.4 is 0 Å². The zero-order valence-corrected chi connectivity index (χ0v) is 23.6. The lowest BCUT2D eigenvalue weighted by Gasteiger charge is -2.18. The molecule has 0 radical (unpaired) electrons. The highest BCUT2D eigenvalue weighted by atomic mass is 16.6. The summed E-state index contributed by atoms with van der Waals surface area (Å²) < 4.78 is 20.2. The number of unbranched alkanes of at least 4 members (excludes halogenated alkanes) is 2. The van der Waals surface area contributed by atoms with Crippen molar-refractivity contribution in [3.05, 3.63) is 48.6 Å². The summed E-state index contributed by atoms with van der Waals surface area (Å²) in [6.07, 6.45) is 19.4. The van der Waals surface area contributed by atoms with Crippen molar-refractivity contribution in [1.29, 1.82) is 0 Å². The molecule has 0 aromatic rings. The number of carbonyl (C=O) groups excluding carboxylic acids is 4. The first-order valence-electron chi connectivity index (χ1n) is 13.5. The van der Waals surface area contributed by atoms with Crippen molar-refractivity contribution in [2.24, 2.45) is 17.8 Å². The number of carbonyl (C=O) groups is 4. The van der Waals surface area contributed by atoms with Crippen LogP contribution in [0.25, 0.3) is 0 Å². The van der Waals surface area contributed by atoms with Gasteiger partial charge in [0, 0.05) is 13.8 Å². The molecule has 1 aliphatic carbocycles. The second kappa shape index (κ2) is 19.8. The lowest BCUT2D eigenvalue weighted by Crippen LogP contribution is -2.31. The lowest BCUT2D eigenvalue weighted by molar-refractivity contribution is -0.172. The highest BCUT2D eigenvalue weighted by molar-refractivity contribution is 5.80. The molecule has 0 bridgehead atoms. The molecule has 0 saturated heterocycles. The van der Waals surface area contributed by atoms with E-state index in [0.717, 1.165) is 38.5 Å². The first-order valence-corrected chi connectivity index (χ1v) is 13.5. The smallest absolute Gasteiger partial charge is 0.347 e. The van der Waals surface area contributed by atoms with Gasteiger partial charge >= 0.3 is 23.9 Å². The van der Waals surface area contributed by atoms with E-state index in [-0.39, 0.29) is 37.0 Å². The fourth-order valence-electron chi connectivity index (χ4n) is 4.07. The molecule has 0 aromatic heterocycles. The summed E-state index contributed by atoms with van der Waals surface area (Å²) >= 11 is 0. The first kappa shape index (κ1) is 33.8. The van der Waals surface area contributed by atoms with E-state index in [1.807, 2.05) is 24.3 Å². The molecule has 5 unspecified atom stereocenters. The predicted molar refractivity (Wildman–Crippen MR) is 146 cm³/mol. The van der Waals surface area contributed by atoms with Crippen molar-refractivity contribution in [3.63, 3.8) is 0 Å². The number of hydrogen-bond acceptors (Lipinski definition) is 9. The van der Waals surface area contributed by atoms with Crippen molar-refractivity contribution < 1.29 is 43.2 Å². The van der Waals surface area contributed by atoms with Gasteiger partial charge in [0.1, 0.15) is 19.3 Å². The van der Waals surface area contributed by atoms with E-state index in [1.165, 1.54) is 27.7 Å². The van der Waals surface area contributed by atoms with Gasteiger partial charge in [-0.3, -0.25) is 9.59 Å². The Kier molecular flexibility index (Phi) is 17.2. The highest BCUT2D eigenvalue weighted by Gasteiger charge is 2.33. The van der Waals surface area contributed by atoms with Crippen molar-refractivity contribution in [2.75, 3.05) is 19.8 Å². The molecule has 0 aliphatic heterocycles. The van der Waals surface area contributed by atoms with Crippen LogP contribution in [-0.4, -0.2) is 61.0 Å². The van der Waals surface area contributed by atoms with Crippen LogP contribution in [0.4, 0.5) is 0 Å². The Hall–Kier alpha value is -3.20. The van der Waals surface area contributed by atoms with E-state index in [9.17, 15) is 24.3 Å². The summed E-state index contributed by atoms with van der Waals surface area (Å²) in [4.78, 5) is 45.5. The van der Waals surface area contributed by atoms with Crippen LogP contribution >= 0.6 is 0 Å². The van der Waals surface area contributed by atoms with Crippen LogP contribution in [0.5, 0.6) is 0 Å². The summed E-state index contributed by atoms with van der Waals surface area (Å²) in [6.45, 7) is 6.12. The van der Waals surface area contributed by atoms with Gasteiger partial charge in [-0.2, -0.15) is 0 Å².